The van der Waals surface area contributed by atoms with Gasteiger partial charge in [0.15, 0.2) is 0 Å². The van der Waals surface area contributed by atoms with E-state index in [0.717, 1.165) is 18.8 Å². The zero-order valence-corrected chi connectivity index (χ0v) is 12.1. The molecular weight excluding hydrogens is 246 g/mol. The highest BCUT2D eigenvalue weighted by atomic mass is 16.5. The zero-order valence-electron chi connectivity index (χ0n) is 12.1. The maximum Gasteiger partial charge on any atom is 0.119 e. The molecule has 2 heteroatoms. The van der Waals surface area contributed by atoms with Gasteiger partial charge in [-0.25, -0.2) is 0 Å². The molecule has 1 N–H and O–H groups in total. The van der Waals surface area contributed by atoms with Crippen molar-refractivity contribution < 1.29 is 4.74 Å². The first kappa shape index (κ1) is 14.4. The first-order chi connectivity index (χ1) is 9.88. The summed E-state index contributed by atoms with van der Waals surface area (Å²) in [5.41, 5.74) is 2.37. The van der Waals surface area contributed by atoms with Crippen LogP contribution in [0.2, 0.25) is 0 Å². The van der Waals surface area contributed by atoms with Crippen molar-refractivity contribution in [2.45, 2.75) is 32.6 Å². The SMILES string of the molecule is CCCCCCOc1ccc(/C=C/c2cc[nH]c2)cc1. The Balaban J connectivity index is 1.78. The summed E-state index contributed by atoms with van der Waals surface area (Å²) in [5, 5.41) is 0. The van der Waals surface area contributed by atoms with Crippen molar-refractivity contribution in [1.29, 1.82) is 0 Å². The van der Waals surface area contributed by atoms with Crippen LogP contribution >= 0.6 is 0 Å². The van der Waals surface area contributed by atoms with Gasteiger partial charge in [0.25, 0.3) is 0 Å². The number of aromatic amines is 1. The molecule has 0 fully saturated rings. The molecule has 1 aromatic heterocycles. The minimum Gasteiger partial charge on any atom is -0.494 e. The lowest BCUT2D eigenvalue weighted by molar-refractivity contribution is 0.305. The Morgan fingerprint density at radius 3 is 2.45 bits per heavy atom. The summed E-state index contributed by atoms with van der Waals surface area (Å²) >= 11 is 0. The average Bonchev–Trinajstić information content (AvgIpc) is 2.99. The molecule has 0 saturated carbocycles. The Bertz CT molecular complexity index is 497. The van der Waals surface area contributed by atoms with E-state index in [1.165, 1.54) is 30.4 Å². The van der Waals surface area contributed by atoms with Crippen LogP contribution in [0, 0.1) is 0 Å². The molecule has 0 aliphatic heterocycles. The number of nitrogens with one attached hydrogen (secondary N) is 1. The van der Waals surface area contributed by atoms with Crippen LogP contribution < -0.4 is 4.74 Å². The second kappa shape index (κ2) is 8.26. The second-order valence-corrected chi connectivity index (χ2v) is 4.96. The van der Waals surface area contributed by atoms with Crippen molar-refractivity contribution in [2.24, 2.45) is 0 Å². The van der Waals surface area contributed by atoms with Crippen molar-refractivity contribution in [2.75, 3.05) is 6.61 Å². The van der Waals surface area contributed by atoms with Gasteiger partial charge in [0.1, 0.15) is 5.75 Å². The summed E-state index contributed by atoms with van der Waals surface area (Å²) in [4.78, 5) is 3.04. The molecule has 0 spiro atoms. The molecule has 0 bridgehead atoms. The van der Waals surface area contributed by atoms with Crippen LogP contribution in [0.25, 0.3) is 12.2 Å². The van der Waals surface area contributed by atoms with E-state index in [1.807, 2.05) is 30.6 Å². The maximum atomic E-state index is 5.73. The molecule has 0 unspecified atom stereocenters. The molecule has 0 saturated heterocycles. The van der Waals surface area contributed by atoms with Gasteiger partial charge in [0.2, 0.25) is 0 Å². The molecule has 106 valence electrons. The van der Waals surface area contributed by atoms with E-state index in [4.69, 9.17) is 4.74 Å². The monoisotopic (exact) mass is 269 g/mol. The first-order valence-corrected chi connectivity index (χ1v) is 7.42. The molecule has 1 aromatic carbocycles. The lowest BCUT2D eigenvalue weighted by Gasteiger charge is -2.05. The van der Waals surface area contributed by atoms with Crippen LogP contribution in [0.5, 0.6) is 5.75 Å². The molecule has 20 heavy (non-hydrogen) atoms. The molecule has 2 aromatic rings. The van der Waals surface area contributed by atoms with Gasteiger partial charge in [-0.2, -0.15) is 0 Å². The average molecular weight is 269 g/mol. The highest BCUT2D eigenvalue weighted by molar-refractivity contribution is 5.69. The summed E-state index contributed by atoms with van der Waals surface area (Å²) in [6.45, 7) is 3.04. The third-order valence-corrected chi connectivity index (χ3v) is 3.24. The van der Waals surface area contributed by atoms with Gasteiger partial charge in [-0.05, 0) is 35.7 Å². The zero-order chi connectivity index (χ0) is 14.0. The standard InChI is InChI=1S/C18H23NO/c1-2-3-4-5-14-20-18-10-8-16(9-11-18)6-7-17-12-13-19-15-17/h6-13,15,19H,2-5,14H2,1H3/b7-6+. The van der Waals surface area contributed by atoms with E-state index in [2.05, 4.69) is 36.2 Å². The maximum absolute atomic E-state index is 5.73. The lowest BCUT2D eigenvalue weighted by Crippen LogP contribution is -1.96. The Labute approximate surface area is 121 Å². The van der Waals surface area contributed by atoms with Crippen LogP contribution in [0.15, 0.2) is 42.7 Å². The van der Waals surface area contributed by atoms with E-state index in [1.54, 1.807) is 0 Å². The summed E-state index contributed by atoms with van der Waals surface area (Å²) in [7, 11) is 0. The molecule has 0 aliphatic carbocycles. The van der Waals surface area contributed by atoms with Gasteiger partial charge < -0.3 is 9.72 Å². The van der Waals surface area contributed by atoms with Gasteiger partial charge in [-0.1, -0.05) is 50.5 Å². The van der Waals surface area contributed by atoms with Gasteiger partial charge in [-0.15, -0.1) is 0 Å². The molecule has 2 rings (SSSR count). The van der Waals surface area contributed by atoms with E-state index in [-0.39, 0.29) is 0 Å². The van der Waals surface area contributed by atoms with E-state index in [0.29, 0.717) is 0 Å². The van der Waals surface area contributed by atoms with Crippen LogP contribution in [0.4, 0.5) is 0 Å². The van der Waals surface area contributed by atoms with Gasteiger partial charge in [0, 0.05) is 12.4 Å². The number of hydrogen-bond acceptors (Lipinski definition) is 1. The predicted octanol–water partition coefficient (Wildman–Crippen LogP) is 5.14. The fourth-order valence-corrected chi connectivity index (χ4v) is 2.03. The van der Waals surface area contributed by atoms with E-state index >= 15 is 0 Å². The van der Waals surface area contributed by atoms with Gasteiger partial charge in [0.05, 0.1) is 6.61 Å². The van der Waals surface area contributed by atoms with Crippen LogP contribution in [-0.2, 0) is 0 Å². The van der Waals surface area contributed by atoms with Gasteiger partial charge in [-0.3, -0.25) is 0 Å². The van der Waals surface area contributed by atoms with Crippen LogP contribution in [0.1, 0.15) is 43.7 Å². The fraction of sp³-hybridized carbons (Fsp3) is 0.333. The molecule has 0 atom stereocenters. The first-order valence-electron chi connectivity index (χ1n) is 7.42. The van der Waals surface area contributed by atoms with E-state index in [9.17, 15) is 0 Å². The Morgan fingerprint density at radius 1 is 0.950 bits per heavy atom. The van der Waals surface area contributed by atoms with Crippen molar-refractivity contribution in [1.82, 2.24) is 4.98 Å². The number of unbranched alkanes of at least 4 members (excludes halogenated alkanes) is 3. The molecule has 0 aliphatic rings. The van der Waals surface area contributed by atoms with Crippen molar-refractivity contribution >= 4 is 12.2 Å². The summed E-state index contributed by atoms with van der Waals surface area (Å²) in [5.74, 6) is 0.959. The highest BCUT2D eigenvalue weighted by Gasteiger charge is 1.94. The summed E-state index contributed by atoms with van der Waals surface area (Å²) in [6.07, 6.45) is 13.1. The van der Waals surface area contributed by atoms with E-state index < -0.39 is 0 Å². The number of H-pyrrole nitrogens is 1. The number of aromatic nitrogens is 1. The topological polar surface area (TPSA) is 25.0 Å². The van der Waals surface area contributed by atoms with Crippen LogP contribution in [0.3, 0.4) is 0 Å². The molecular formula is C18H23NO. The minimum absolute atomic E-state index is 0.818. The molecule has 1 heterocycles. The van der Waals surface area contributed by atoms with Gasteiger partial charge >= 0.3 is 0 Å². The normalized spacial score (nSPS) is 11.1. The minimum atomic E-state index is 0.818. The number of ether oxygens (including phenoxy) is 1. The third kappa shape index (κ3) is 4.96. The van der Waals surface area contributed by atoms with Crippen molar-refractivity contribution in [3.8, 4) is 5.75 Å². The number of benzene rings is 1. The quantitative estimate of drug-likeness (QED) is 0.659. The Kier molecular flexibility index (Phi) is 5.97. The smallest absolute Gasteiger partial charge is 0.119 e. The fourth-order valence-electron chi connectivity index (χ4n) is 2.03. The Hall–Kier alpha value is -1.96. The summed E-state index contributed by atoms with van der Waals surface area (Å²) in [6, 6.07) is 10.3. The van der Waals surface area contributed by atoms with Crippen LogP contribution in [-0.4, -0.2) is 11.6 Å². The summed E-state index contributed by atoms with van der Waals surface area (Å²) < 4.78 is 5.73. The number of hydrogen-bond donors (Lipinski definition) is 1. The number of rotatable bonds is 8. The molecule has 0 radical (unpaired) electrons. The largest absolute Gasteiger partial charge is 0.494 e. The molecule has 2 nitrogen and oxygen atoms in total. The highest BCUT2D eigenvalue weighted by Crippen LogP contribution is 2.15. The van der Waals surface area contributed by atoms with Crippen molar-refractivity contribution in [3.05, 3.63) is 53.9 Å². The lowest BCUT2D eigenvalue weighted by atomic mass is 10.2. The second-order valence-electron chi connectivity index (χ2n) is 4.96. The Morgan fingerprint density at radius 2 is 1.75 bits per heavy atom. The predicted molar refractivity (Wildman–Crippen MR) is 85.8 cm³/mol. The molecule has 0 amide bonds. The van der Waals surface area contributed by atoms with Crippen molar-refractivity contribution in [3.63, 3.8) is 0 Å². The third-order valence-electron chi connectivity index (χ3n) is 3.24.